The average Bonchev–Trinajstić information content (AvgIpc) is 2.35. The molecule has 0 spiro atoms. The summed E-state index contributed by atoms with van der Waals surface area (Å²) in [6, 6.07) is 0.425. The Hall–Kier alpha value is -1.30. The second kappa shape index (κ2) is 6.23. The highest BCUT2D eigenvalue weighted by molar-refractivity contribution is 5.72. The molecule has 1 heterocycles. The number of carboxylic acids is 1. The fourth-order valence-electron chi connectivity index (χ4n) is 2.74. The lowest BCUT2D eigenvalue weighted by Gasteiger charge is -2.39. The summed E-state index contributed by atoms with van der Waals surface area (Å²) in [6.45, 7) is 3.57. The smallest absolute Gasteiger partial charge is 0.409 e. The summed E-state index contributed by atoms with van der Waals surface area (Å²) in [5.74, 6) is -0.934. The van der Waals surface area contributed by atoms with E-state index in [0.29, 0.717) is 25.7 Å². The van der Waals surface area contributed by atoms with E-state index in [9.17, 15) is 9.59 Å². The SMILES string of the molecule is CCOC(=O)N1CCC(NC2CCC2C(=O)O)CC1. The number of carbonyl (C=O) groups excluding carboxylic acids is 1. The van der Waals surface area contributed by atoms with E-state index in [0.717, 1.165) is 25.7 Å². The second-order valence-corrected chi connectivity index (χ2v) is 5.26. The normalized spacial score (nSPS) is 27.7. The van der Waals surface area contributed by atoms with E-state index in [1.165, 1.54) is 0 Å². The third-order valence-corrected chi connectivity index (χ3v) is 4.06. The summed E-state index contributed by atoms with van der Waals surface area (Å²) < 4.78 is 4.97. The largest absolute Gasteiger partial charge is 0.481 e. The number of nitrogens with zero attached hydrogens (tertiary/aromatic N) is 1. The first-order valence-corrected chi connectivity index (χ1v) is 7.02. The Morgan fingerprint density at radius 1 is 1.26 bits per heavy atom. The molecule has 0 aromatic carbocycles. The molecular formula is C13H22N2O4. The molecule has 0 bridgehead atoms. The van der Waals surface area contributed by atoms with Crippen LogP contribution in [0.3, 0.4) is 0 Å². The van der Waals surface area contributed by atoms with E-state index >= 15 is 0 Å². The van der Waals surface area contributed by atoms with Crippen molar-refractivity contribution < 1.29 is 19.4 Å². The first-order valence-electron chi connectivity index (χ1n) is 7.02. The Morgan fingerprint density at radius 2 is 1.95 bits per heavy atom. The van der Waals surface area contributed by atoms with Gasteiger partial charge in [-0.05, 0) is 32.6 Å². The van der Waals surface area contributed by atoms with Crippen molar-refractivity contribution in [1.29, 1.82) is 0 Å². The first kappa shape index (κ1) is 14.1. The predicted molar refractivity (Wildman–Crippen MR) is 68.9 cm³/mol. The number of rotatable bonds is 4. The monoisotopic (exact) mass is 270 g/mol. The minimum Gasteiger partial charge on any atom is -0.481 e. The number of hydrogen-bond acceptors (Lipinski definition) is 4. The number of ether oxygens (including phenoxy) is 1. The summed E-state index contributed by atoms with van der Waals surface area (Å²) in [5.41, 5.74) is 0. The Kier molecular flexibility index (Phi) is 4.63. The van der Waals surface area contributed by atoms with Crippen LogP contribution in [0.15, 0.2) is 0 Å². The number of carbonyl (C=O) groups is 2. The molecule has 0 radical (unpaired) electrons. The fraction of sp³-hybridized carbons (Fsp3) is 0.846. The molecule has 2 unspecified atom stereocenters. The lowest BCUT2D eigenvalue weighted by molar-refractivity contribution is -0.146. The van der Waals surface area contributed by atoms with Crippen molar-refractivity contribution in [3.63, 3.8) is 0 Å². The highest BCUT2D eigenvalue weighted by atomic mass is 16.6. The van der Waals surface area contributed by atoms with E-state index in [2.05, 4.69) is 5.32 Å². The van der Waals surface area contributed by atoms with E-state index in [-0.39, 0.29) is 18.1 Å². The van der Waals surface area contributed by atoms with Gasteiger partial charge in [0.15, 0.2) is 0 Å². The van der Waals surface area contributed by atoms with Crippen LogP contribution < -0.4 is 5.32 Å². The maximum Gasteiger partial charge on any atom is 0.409 e. The molecule has 1 aliphatic carbocycles. The number of nitrogens with one attached hydrogen (secondary N) is 1. The summed E-state index contributed by atoms with van der Waals surface area (Å²) in [6.07, 6.45) is 3.19. The lowest BCUT2D eigenvalue weighted by atomic mass is 9.79. The number of carboxylic acid groups (broad SMARTS) is 1. The molecule has 2 rings (SSSR count). The standard InChI is InChI=1S/C13H22N2O4/c1-2-19-13(18)15-7-5-9(6-8-15)14-11-4-3-10(11)12(16)17/h9-11,14H,2-8H2,1H3,(H,16,17). The van der Waals surface area contributed by atoms with Crippen LogP contribution in [0.25, 0.3) is 0 Å². The quantitative estimate of drug-likeness (QED) is 0.798. The molecule has 0 aromatic heterocycles. The zero-order valence-corrected chi connectivity index (χ0v) is 11.3. The molecule has 0 aromatic rings. The van der Waals surface area contributed by atoms with Crippen molar-refractivity contribution in [2.24, 2.45) is 5.92 Å². The van der Waals surface area contributed by atoms with E-state index in [1.807, 2.05) is 0 Å². The second-order valence-electron chi connectivity index (χ2n) is 5.26. The van der Waals surface area contributed by atoms with Gasteiger partial charge in [0.2, 0.25) is 0 Å². The average molecular weight is 270 g/mol. The van der Waals surface area contributed by atoms with E-state index in [1.54, 1.807) is 11.8 Å². The van der Waals surface area contributed by atoms with Gasteiger partial charge in [-0.3, -0.25) is 4.79 Å². The molecule has 1 amide bonds. The molecule has 108 valence electrons. The summed E-state index contributed by atoms with van der Waals surface area (Å²) in [5, 5.41) is 12.4. The number of piperidine rings is 1. The van der Waals surface area contributed by atoms with Crippen molar-refractivity contribution in [1.82, 2.24) is 10.2 Å². The predicted octanol–water partition coefficient (Wildman–Crippen LogP) is 1.06. The molecular weight excluding hydrogens is 248 g/mol. The third kappa shape index (κ3) is 3.37. The summed E-state index contributed by atoms with van der Waals surface area (Å²) in [7, 11) is 0. The van der Waals surface area contributed by atoms with E-state index in [4.69, 9.17) is 9.84 Å². The van der Waals surface area contributed by atoms with Gasteiger partial charge in [0, 0.05) is 25.2 Å². The highest BCUT2D eigenvalue weighted by Gasteiger charge is 2.38. The molecule has 2 N–H and O–H groups in total. The molecule has 1 saturated carbocycles. The van der Waals surface area contributed by atoms with Crippen LogP contribution in [-0.4, -0.2) is 53.8 Å². The van der Waals surface area contributed by atoms with Crippen LogP contribution in [0.4, 0.5) is 4.79 Å². The van der Waals surface area contributed by atoms with Gasteiger partial charge in [0.1, 0.15) is 0 Å². The molecule has 2 atom stereocenters. The van der Waals surface area contributed by atoms with Gasteiger partial charge in [0.05, 0.1) is 12.5 Å². The molecule has 1 saturated heterocycles. The molecule has 2 fully saturated rings. The van der Waals surface area contributed by atoms with Crippen molar-refractivity contribution in [3.05, 3.63) is 0 Å². The topological polar surface area (TPSA) is 78.9 Å². The minimum absolute atomic E-state index is 0.108. The van der Waals surface area contributed by atoms with Crippen molar-refractivity contribution in [2.45, 2.75) is 44.7 Å². The Morgan fingerprint density at radius 3 is 2.42 bits per heavy atom. The van der Waals surface area contributed by atoms with Crippen LogP contribution in [0.2, 0.25) is 0 Å². The number of hydrogen-bond donors (Lipinski definition) is 2. The van der Waals surface area contributed by atoms with Crippen LogP contribution in [0.5, 0.6) is 0 Å². The third-order valence-electron chi connectivity index (χ3n) is 4.06. The Bertz CT molecular complexity index is 340. The molecule has 19 heavy (non-hydrogen) atoms. The molecule has 6 heteroatoms. The lowest BCUT2D eigenvalue weighted by Crippen LogP contribution is -2.54. The van der Waals surface area contributed by atoms with Gasteiger partial charge in [-0.25, -0.2) is 4.79 Å². The van der Waals surface area contributed by atoms with Crippen molar-refractivity contribution in [2.75, 3.05) is 19.7 Å². The van der Waals surface area contributed by atoms with Gasteiger partial charge in [-0.15, -0.1) is 0 Å². The van der Waals surface area contributed by atoms with Crippen molar-refractivity contribution >= 4 is 12.1 Å². The first-order chi connectivity index (χ1) is 9.11. The van der Waals surface area contributed by atoms with Crippen LogP contribution in [-0.2, 0) is 9.53 Å². The maximum atomic E-state index is 11.5. The summed E-state index contributed by atoms with van der Waals surface area (Å²) >= 11 is 0. The van der Waals surface area contributed by atoms with Gasteiger partial charge in [0.25, 0.3) is 0 Å². The molecule has 1 aliphatic heterocycles. The van der Waals surface area contributed by atoms with Crippen LogP contribution >= 0.6 is 0 Å². The van der Waals surface area contributed by atoms with Gasteiger partial charge < -0.3 is 20.1 Å². The number of aliphatic carboxylic acids is 1. The minimum atomic E-state index is -0.701. The zero-order chi connectivity index (χ0) is 13.8. The molecule has 6 nitrogen and oxygen atoms in total. The fourth-order valence-corrected chi connectivity index (χ4v) is 2.74. The van der Waals surface area contributed by atoms with Gasteiger partial charge >= 0.3 is 12.1 Å². The number of amides is 1. The van der Waals surface area contributed by atoms with E-state index < -0.39 is 5.97 Å². The van der Waals surface area contributed by atoms with Crippen LogP contribution in [0, 0.1) is 5.92 Å². The van der Waals surface area contributed by atoms with Crippen molar-refractivity contribution in [3.8, 4) is 0 Å². The van der Waals surface area contributed by atoms with Crippen LogP contribution in [0.1, 0.15) is 32.6 Å². The number of likely N-dealkylation sites (tertiary alicyclic amines) is 1. The molecule has 2 aliphatic rings. The maximum absolute atomic E-state index is 11.5. The Labute approximate surface area is 113 Å². The van der Waals surface area contributed by atoms with Gasteiger partial charge in [-0.1, -0.05) is 0 Å². The summed E-state index contributed by atoms with van der Waals surface area (Å²) in [4.78, 5) is 24.2. The zero-order valence-electron chi connectivity index (χ0n) is 11.3. The van der Waals surface area contributed by atoms with Gasteiger partial charge in [-0.2, -0.15) is 0 Å². The Balaban J connectivity index is 1.72. The highest BCUT2D eigenvalue weighted by Crippen LogP contribution is 2.29.